The fourth-order valence-electron chi connectivity index (χ4n) is 3.94. The van der Waals surface area contributed by atoms with Gasteiger partial charge in [-0.1, -0.05) is 55.3 Å². The number of thioether (sulfide) groups is 1. The summed E-state index contributed by atoms with van der Waals surface area (Å²) in [5.74, 6) is -0.586. The molecule has 1 N–H and O–H groups in total. The third-order valence-corrected chi connectivity index (χ3v) is 9.15. The number of sulfonamides is 1. The molecule has 3 rings (SSSR count). The molecule has 0 saturated carbocycles. The molecule has 2 amide bonds. The monoisotopic (exact) mass is 601 g/mol. The summed E-state index contributed by atoms with van der Waals surface area (Å²) in [6.07, 6.45) is 1.91. The SMILES string of the molecule is CSc1ccc(S(=O)(=O)N(CC(=O)N(Cc2ccc(Cl)cc2)C(C)C(=O)NCC(C)C)c2ccc(C)cc2)cc1. The van der Waals surface area contributed by atoms with Gasteiger partial charge >= 0.3 is 0 Å². The second-order valence-corrected chi connectivity index (χ2v) is 13.2. The molecular weight excluding hydrogens is 566 g/mol. The highest BCUT2D eigenvalue weighted by atomic mass is 35.5. The first kappa shape index (κ1) is 31.5. The molecule has 0 aliphatic carbocycles. The zero-order chi connectivity index (χ0) is 29.4. The number of amides is 2. The predicted octanol–water partition coefficient (Wildman–Crippen LogP) is 5.76. The van der Waals surface area contributed by atoms with Crippen molar-refractivity contribution in [3.05, 3.63) is 88.9 Å². The van der Waals surface area contributed by atoms with E-state index in [-0.39, 0.29) is 23.3 Å². The van der Waals surface area contributed by atoms with E-state index in [1.165, 1.54) is 16.7 Å². The Kier molecular flexibility index (Phi) is 11.1. The van der Waals surface area contributed by atoms with Crippen molar-refractivity contribution >= 4 is 50.9 Å². The molecule has 0 bridgehead atoms. The van der Waals surface area contributed by atoms with E-state index in [1.54, 1.807) is 79.7 Å². The molecule has 0 fully saturated rings. The van der Waals surface area contributed by atoms with Crippen molar-refractivity contribution in [1.82, 2.24) is 10.2 Å². The van der Waals surface area contributed by atoms with E-state index in [2.05, 4.69) is 5.32 Å². The van der Waals surface area contributed by atoms with Gasteiger partial charge in [0.25, 0.3) is 10.0 Å². The second-order valence-electron chi connectivity index (χ2n) is 9.99. The van der Waals surface area contributed by atoms with Crippen LogP contribution in [0.15, 0.2) is 82.6 Å². The summed E-state index contributed by atoms with van der Waals surface area (Å²) < 4.78 is 28.9. The number of nitrogens with zero attached hydrogens (tertiary/aromatic N) is 2. The Labute approximate surface area is 247 Å². The molecule has 1 unspecified atom stereocenters. The number of benzene rings is 3. The summed E-state index contributed by atoms with van der Waals surface area (Å²) >= 11 is 7.56. The van der Waals surface area contributed by atoms with Gasteiger partial charge in [0.15, 0.2) is 0 Å². The van der Waals surface area contributed by atoms with Gasteiger partial charge in [0.2, 0.25) is 11.8 Å². The third kappa shape index (κ3) is 8.25. The van der Waals surface area contributed by atoms with Crippen molar-refractivity contribution in [2.45, 2.75) is 50.1 Å². The molecule has 0 saturated heterocycles. The number of anilines is 1. The van der Waals surface area contributed by atoms with Gasteiger partial charge in [-0.05, 0) is 80.1 Å². The second kappa shape index (κ2) is 14.1. The Morgan fingerprint density at radius 2 is 1.52 bits per heavy atom. The van der Waals surface area contributed by atoms with Crippen molar-refractivity contribution in [1.29, 1.82) is 0 Å². The summed E-state index contributed by atoms with van der Waals surface area (Å²) in [7, 11) is -4.11. The Balaban J connectivity index is 2.00. The van der Waals surface area contributed by atoms with Crippen LogP contribution in [0.3, 0.4) is 0 Å². The number of hydrogen-bond donors (Lipinski definition) is 1. The van der Waals surface area contributed by atoms with Crippen molar-refractivity contribution < 1.29 is 18.0 Å². The van der Waals surface area contributed by atoms with Gasteiger partial charge in [0.1, 0.15) is 12.6 Å². The molecule has 0 spiro atoms. The van der Waals surface area contributed by atoms with Crippen molar-refractivity contribution in [2.75, 3.05) is 23.7 Å². The molecule has 0 aromatic heterocycles. The topological polar surface area (TPSA) is 86.8 Å². The van der Waals surface area contributed by atoms with Crippen LogP contribution in [0.5, 0.6) is 0 Å². The number of hydrogen-bond acceptors (Lipinski definition) is 5. The lowest BCUT2D eigenvalue weighted by Crippen LogP contribution is -2.51. The largest absolute Gasteiger partial charge is 0.354 e. The van der Waals surface area contributed by atoms with E-state index < -0.39 is 28.5 Å². The number of carbonyl (C=O) groups is 2. The minimum Gasteiger partial charge on any atom is -0.354 e. The lowest BCUT2D eigenvalue weighted by molar-refractivity contribution is -0.139. The summed E-state index contributed by atoms with van der Waals surface area (Å²) in [4.78, 5) is 29.4. The molecule has 0 radical (unpaired) electrons. The molecule has 7 nitrogen and oxygen atoms in total. The molecule has 0 aliphatic rings. The van der Waals surface area contributed by atoms with Crippen LogP contribution in [0, 0.1) is 12.8 Å². The molecule has 0 heterocycles. The van der Waals surface area contributed by atoms with E-state index in [4.69, 9.17) is 11.6 Å². The highest BCUT2D eigenvalue weighted by Crippen LogP contribution is 2.26. The quantitative estimate of drug-likeness (QED) is 0.267. The average Bonchev–Trinajstić information content (AvgIpc) is 2.94. The zero-order valence-electron chi connectivity index (χ0n) is 23.4. The zero-order valence-corrected chi connectivity index (χ0v) is 25.8. The molecule has 3 aromatic rings. The average molecular weight is 602 g/mol. The van der Waals surface area contributed by atoms with Crippen molar-refractivity contribution in [2.24, 2.45) is 5.92 Å². The third-order valence-electron chi connectivity index (χ3n) is 6.37. The maximum Gasteiger partial charge on any atom is 0.264 e. The van der Waals surface area contributed by atoms with Crippen LogP contribution in [0.1, 0.15) is 31.9 Å². The Morgan fingerprint density at radius 3 is 2.08 bits per heavy atom. The first-order chi connectivity index (χ1) is 18.9. The van der Waals surface area contributed by atoms with Crippen molar-refractivity contribution in [3.63, 3.8) is 0 Å². The van der Waals surface area contributed by atoms with Crippen molar-refractivity contribution in [3.8, 4) is 0 Å². The minimum absolute atomic E-state index is 0.0747. The number of rotatable bonds is 12. The maximum atomic E-state index is 13.9. The minimum atomic E-state index is -4.11. The standard InChI is InChI=1S/C30H36ClN3O4S2/c1-21(2)18-32-30(36)23(4)33(19-24-8-10-25(31)11-9-24)29(35)20-34(26-12-6-22(3)7-13-26)40(37,38)28-16-14-27(39-5)15-17-28/h6-17,21,23H,18-20H2,1-5H3,(H,32,36). The maximum absolute atomic E-state index is 13.9. The molecular formula is C30H36ClN3O4S2. The highest BCUT2D eigenvalue weighted by Gasteiger charge is 2.32. The Hall–Kier alpha value is -3.01. The molecule has 1 atom stereocenters. The molecule has 0 aliphatic heterocycles. The highest BCUT2D eigenvalue weighted by molar-refractivity contribution is 7.98. The van der Waals surface area contributed by atoms with E-state index in [0.29, 0.717) is 17.3 Å². The fraction of sp³-hybridized carbons (Fsp3) is 0.333. The van der Waals surface area contributed by atoms with Gasteiger partial charge in [0.05, 0.1) is 10.6 Å². The van der Waals surface area contributed by atoms with E-state index >= 15 is 0 Å². The summed E-state index contributed by atoms with van der Waals surface area (Å²) in [6.45, 7) is 7.61. The number of nitrogens with one attached hydrogen (secondary N) is 1. The number of carbonyl (C=O) groups excluding carboxylic acids is 2. The van der Waals surface area contributed by atoms with Crippen LogP contribution < -0.4 is 9.62 Å². The first-order valence-electron chi connectivity index (χ1n) is 13.0. The smallest absolute Gasteiger partial charge is 0.264 e. The Bertz CT molecular complexity index is 1390. The van der Waals surface area contributed by atoms with Crippen LogP contribution in [-0.2, 0) is 26.2 Å². The molecule has 214 valence electrons. The lowest BCUT2D eigenvalue weighted by atomic mass is 10.1. The molecule has 3 aromatic carbocycles. The summed E-state index contributed by atoms with van der Waals surface area (Å²) in [5.41, 5.74) is 2.08. The van der Waals surface area contributed by atoms with Gasteiger partial charge < -0.3 is 10.2 Å². The molecule has 10 heteroatoms. The van der Waals surface area contributed by atoms with Crippen LogP contribution in [0.2, 0.25) is 5.02 Å². The van der Waals surface area contributed by atoms with Gasteiger partial charge in [-0.2, -0.15) is 0 Å². The van der Waals surface area contributed by atoms with Gasteiger partial charge in [0, 0.05) is 23.0 Å². The van der Waals surface area contributed by atoms with Crippen LogP contribution in [0.25, 0.3) is 0 Å². The predicted molar refractivity (Wildman–Crippen MR) is 163 cm³/mol. The van der Waals surface area contributed by atoms with E-state index in [9.17, 15) is 18.0 Å². The first-order valence-corrected chi connectivity index (χ1v) is 16.0. The van der Waals surface area contributed by atoms with Crippen LogP contribution in [0.4, 0.5) is 5.69 Å². The molecule has 40 heavy (non-hydrogen) atoms. The van der Waals surface area contributed by atoms with Gasteiger partial charge in [-0.3, -0.25) is 13.9 Å². The summed E-state index contributed by atoms with van der Waals surface area (Å²) in [6, 6.07) is 19.7. The van der Waals surface area contributed by atoms with E-state index in [1.807, 2.05) is 27.0 Å². The lowest BCUT2D eigenvalue weighted by Gasteiger charge is -2.32. The number of halogens is 1. The van der Waals surface area contributed by atoms with Gasteiger partial charge in [-0.15, -0.1) is 11.8 Å². The normalized spacial score (nSPS) is 12.2. The Morgan fingerprint density at radius 1 is 0.925 bits per heavy atom. The van der Waals surface area contributed by atoms with Crippen LogP contribution in [-0.4, -0.2) is 50.5 Å². The van der Waals surface area contributed by atoms with E-state index in [0.717, 1.165) is 20.3 Å². The van der Waals surface area contributed by atoms with Gasteiger partial charge in [-0.25, -0.2) is 8.42 Å². The number of aryl methyl sites for hydroxylation is 1. The van der Waals surface area contributed by atoms with Crippen LogP contribution >= 0.6 is 23.4 Å². The fourth-order valence-corrected chi connectivity index (χ4v) is 5.88. The summed E-state index contributed by atoms with van der Waals surface area (Å²) in [5, 5.41) is 3.43.